The van der Waals surface area contributed by atoms with Crippen LogP contribution in [0.4, 0.5) is 30.7 Å². The van der Waals surface area contributed by atoms with Crippen LogP contribution in [-0.4, -0.2) is 61.8 Å². The minimum atomic E-state index is -6.40. The summed E-state index contributed by atoms with van der Waals surface area (Å²) in [5.74, 6) is -3.36. The first-order valence-electron chi connectivity index (χ1n) is 14.9. The molecule has 47 heavy (non-hydrogen) atoms. The average Bonchev–Trinajstić information content (AvgIpc) is 3.02. The fourth-order valence-electron chi connectivity index (χ4n) is 7.16. The van der Waals surface area contributed by atoms with E-state index in [2.05, 4.69) is 6.58 Å². The number of sulfone groups is 1. The predicted octanol–water partition coefficient (Wildman–Crippen LogP) is 6.95. The number of ether oxygens (including phenoxy) is 1. The maximum atomic E-state index is 15.1. The number of nitrogens with zero attached hydrogens (tertiary/aromatic N) is 1. The Morgan fingerprint density at radius 1 is 0.936 bits per heavy atom. The summed E-state index contributed by atoms with van der Waals surface area (Å²) in [6.07, 6.45) is -12.0. The Morgan fingerprint density at radius 3 is 2.04 bits per heavy atom. The van der Waals surface area contributed by atoms with E-state index >= 15 is 4.39 Å². The molecule has 2 fully saturated rings. The Balaban J connectivity index is 1.66. The van der Waals surface area contributed by atoms with Gasteiger partial charge in [0, 0.05) is 23.6 Å². The Morgan fingerprint density at radius 2 is 1.51 bits per heavy atom. The highest BCUT2D eigenvalue weighted by Gasteiger charge is 2.74. The number of alkyl halides is 7. The van der Waals surface area contributed by atoms with Crippen molar-refractivity contribution in [1.29, 1.82) is 0 Å². The third kappa shape index (κ3) is 5.47. The van der Waals surface area contributed by atoms with Crippen LogP contribution in [0.2, 0.25) is 0 Å². The second-order valence-corrected chi connectivity index (χ2v) is 14.6. The van der Waals surface area contributed by atoms with Gasteiger partial charge in [0.1, 0.15) is 17.1 Å². The molecule has 3 aliphatic rings. The van der Waals surface area contributed by atoms with Crippen LogP contribution < -0.4 is 4.74 Å². The number of carboxylic acid groups (broad SMARTS) is 1. The van der Waals surface area contributed by atoms with E-state index < -0.39 is 80.3 Å². The summed E-state index contributed by atoms with van der Waals surface area (Å²) < 4.78 is 130. The highest BCUT2D eigenvalue weighted by molar-refractivity contribution is 7.92. The molecule has 15 heteroatoms. The van der Waals surface area contributed by atoms with Gasteiger partial charge in [0.2, 0.25) is 5.91 Å². The lowest BCUT2D eigenvalue weighted by Gasteiger charge is -2.52. The molecule has 1 saturated carbocycles. The summed E-state index contributed by atoms with van der Waals surface area (Å²) >= 11 is 0. The van der Waals surface area contributed by atoms with Crippen LogP contribution in [0.25, 0.3) is 5.57 Å². The number of rotatable bonds is 6. The second kappa shape index (κ2) is 11.8. The third-order valence-corrected chi connectivity index (χ3v) is 12.3. The van der Waals surface area contributed by atoms with Crippen LogP contribution in [0.1, 0.15) is 62.1 Å². The second-order valence-electron chi connectivity index (χ2n) is 12.4. The Labute approximate surface area is 266 Å². The summed E-state index contributed by atoms with van der Waals surface area (Å²) in [7, 11) is -4.58. The average molecular weight is 692 g/mol. The molecule has 0 spiro atoms. The number of hydrogen-bond acceptors (Lipinski definition) is 5. The molecule has 2 unspecified atom stereocenters. The van der Waals surface area contributed by atoms with Gasteiger partial charge in [-0.05, 0) is 69.2 Å². The van der Waals surface area contributed by atoms with Gasteiger partial charge in [-0.15, -0.1) is 0 Å². The van der Waals surface area contributed by atoms with Crippen LogP contribution in [0.5, 0.6) is 5.75 Å². The summed E-state index contributed by atoms with van der Waals surface area (Å²) in [6.45, 7) is 4.98. The van der Waals surface area contributed by atoms with Gasteiger partial charge in [0.25, 0.3) is 0 Å². The minimum absolute atomic E-state index is 0.0841. The van der Waals surface area contributed by atoms with Crippen molar-refractivity contribution in [3.8, 4) is 5.75 Å². The first-order valence-corrected chi connectivity index (χ1v) is 16.4. The molecule has 0 aromatic heterocycles. The molecule has 2 heterocycles. The molecule has 2 aromatic carbocycles. The molecular weight excluding hydrogens is 659 g/mol. The smallest absolute Gasteiger partial charge is 0.435 e. The zero-order chi connectivity index (χ0) is 34.7. The molecular formula is C32H32F7NO6S. The highest BCUT2D eigenvalue weighted by atomic mass is 32.2. The summed E-state index contributed by atoms with van der Waals surface area (Å²) in [5, 5.41) is 9.37. The first kappa shape index (κ1) is 34.7. The van der Waals surface area contributed by atoms with Gasteiger partial charge in [0.05, 0.1) is 16.9 Å². The Hall–Kier alpha value is -3.62. The van der Waals surface area contributed by atoms with Crippen molar-refractivity contribution in [1.82, 2.24) is 4.90 Å². The van der Waals surface area contributed by atoms with E-state index in [0.717, 1.165) is 0 Å². The third-order valence-electron chi connectivity index (χ3n) is 9.72. The zero-order valence-corrected chi connectivity index (χ0v) is 25.9. The van der Waals surface area contributed by atoms with E-state index in [1.54, 1.807) is 6.92 Å². The van der Waals surface area contributed by atoms with Gasteiger partial charge in [-0.1, -0.05) is 36.4 Å². The molecule has 1 aliphatic carbocycles. The summed E-state index contributed by atoms with van der Waals surface area (Å²) in [5.41, 5.74) is -6.65. The van der Waals surface area contributed by atoms with Crippen LogP contribution in [0, 0.1) is 11.8 Å². The lowest BCUT2D eigenvalue weighted by Crippen LogP contribution is -2.64. The van der Waals surface area contributed by atoms with Crippen molar-refractivity contribution >= 4 is 27.3 Å². The maximum absolute atomic E-state index is 15.1. The molecule has 5 rings (SSSR count). The van der Waals surface area contributed by atoms with Gasteiger partial charge in [-0.25, -0.2) is 12.8 Å². The monoisotopic (exact) mass is 691 g/mol. The van der Waals surface area contributed by atoms with Crippen LogP contribution in [0.15, 0.2) is 53.9 Å². The van der Waals surface area contributed by atoms with Gasteiger partial charge in [-0.3, -0.25) is 9.59 Å². The molecule has 2 aromatic rings. The molecule has 1 amide bonds. The number of piperidine rings is 1. The largest absolute Gasteiger partial charge is 0.491 e. The van der Waals surface area contributed by atoms with E-state index in [-0.39, 0.29) is 67.7 Å². The van der Waals surface area contributed by atoms with Crippen molar-refractivity contribution in [2.75, 3.05) is 13.2 Å². The number of fused-ring (bicyclic) bond motifs is 3. The number of carbonyl (C=O) groups is 2. The van der Waals surface area contributed by atoms with Crippen molar-refractivity contribution < 1.29 is 58.6 Å². The lowest BCUT2D eigenvalue weighted by atomic mass is 9.77. The van der Waals surface area contributed by atoms with Crippen molar-refractivity contribution in [2.45, 2.75) is 79.2 Å². The number of carboxylic acids is 1. The molecule has 0 radical (unpaired) electrons. The lowest BCUT2D eigenvalue weighted by molar-refractivity contribution is -0.348. The van der Waals surface area contributed by atoms with Gasteiger partial charge in [-0.2, -0.15) is 26.3 Å². The standard InChI is InChI=1S/C32H32F7NO6S/c1-18(2)19-8-11-23(12-9-19)47(44,45)29-14-3-15-40(27(41)20-4-6-21(7-5-20)28(42)43)26(29)17-46-25-16-22(10-13-24(25)29)30(33,31(34,35)36)32(37,38)39/h8-13,16,20-21,26H,1,3-7,14-15,17H2,2H3,(H,42,43). The van der Waals surface area contributed by atoms with Crippen LogP contribution in [0.3, 0.4) is 0 Å². The van der Waals surface area contributed by atoms with E-state index in [4.69, 9.17) is 4.74 Å². The molecule has 1 saturated heterocycles. The number of allylic oxidation sites excluding steroid dienone is 1. The van der Waals surface area contributed by atoms with E-state index in [9.17, 15) is 49.5 Å². The fourth-order valence-corrected chi connectivity index (χ4v) is 9.50. The molecule has 2 atom stereocenters. The maximum Gasteiger partial charge on any atom is 0.435 e. The molecule has 1 N–H and O–H groups in total. The van der Waals surface area contributed by atoms with Crippen LogP contribution in [-0.2, 0) is 29.8 Å². The molecule has 0 bridgehead atoms. The normalized spacial score (nSPS) is 25.3. The van der Waals surface area contributed by atoms with E-state index in [0.29, 0.717) is 17.2 Å². The number of hydrogen-bond donors (Lipinski definition) is 1. The number of aliphatic carboxylic acids is 1. The summed E-state index contributed by atoms with van der Waals surface area (Å²) in [4.78, 5) is 26.5. The van der Waals surface area contributed by atoms with Gasteiger partial charge >= 0.3 is 24.0 Å². The van der Waals surface area contributed by atoms with Crippen molar-refractivity contribution in [2.24, 2.45) is 11.8 Å². The van der Waals surface area contributed by atoms with Gasteiger partial charge < -0.3 is 14.7 Å². The summed E-state index contributed by atoms with van der Waals surface area (Å²) in [6, 6.07) is 5.58. The van der Waals surface area contributed by atoms with E-state index in [1.165, 1.54) is 29.2 Å². The Kier molecular flexibility index (Phi) is 8.72. The first-order chi connectivity index (χ1) is 21.8. The van der Waals surface area contributed by atoms with E-state index in [1.807, 2.05) is 0 Å². The molecule has 2 aliphatic heterocycles. The fraction of sp³-hybridized carbons (Fsp3) is 0.500. The zero-order valence-electron chi connectivity index (χ0n) is 25.1. The number of carbonyl (C=O) groups excluding carboxylic acids is 1. The SMILES string of the molecule is C=C(C)c1ccc(S(=O)(=O)C23CCCN(C(=O)C4CCC(C(=O)O)CC4)C2COc2cc(C(F)(C(F)(F)F)C(F)(F)F)ccc23)cc1. The topological polar surface area (TPSA) is 101 Å². The number of benzene rings is 2. The number of likely N-dealkylation sites (tertiary alicyclic amines) is 1. The number of halogens is 7. The van der Waals surface area contributed by atoms with Crippen molar-refractivity contribution in [3.63, 3.8) is 0 Å². The molecule has 7 nitrogen and oxygen atoms in total. The molecule has 256 valence electrons. The van der Waals surface area contributed by atoms with Crippen LogP contribution >= 0.6 is 0 Å². The number of amides is 1. The highest BCUT2D eigenvalue weighted by Crippen LogP contribution is 2.57. The Bertz CT molecular complexity index is 1670. The van der Waals surface area contributed by atoms with Crippen molar-refractivity contribution in [3.05, 3.63) is 65.7 Å². The predicted molar refractivity (Wildman–Crippen MR) is 155 cm³/mol. The quantitative estimate of drug-likeness (QED) is 0.329. The van der Waals surface area contributed by atoms with Gasteiger partial charge in [0.15, 0.2) is 9.84 Å². The minimum Gasteiger partial charge on any atom is -0.491 e.